The van der Waals surface area contributed by atoms with Crippen LogP contribution >= 0.6 is 23.2 Å². The molecule has 1 unspecified atom stereocenters. The van der Waals surface area contributed by atoms with Crippen LogP contribution in [0.25, 0.3) is 0 Å². The second-order valence-electron chi connectivity index (χ2n) is 5.33. The third kappa shape index (κ3) is 4.35. The number of primary amides is 1. The summed E-state index contributed by atoms with van der Waals surface area (Å²) in [5.41, 5.74) is 6.33. The van der Waals surface area contributed by atoms with E-state index in [0.29, 0.717) is 36.0 Å². The number of aryl methyl sites for hydroxylation is 1. The van der Waals surface area contributed by atoms with Crippen LogP contribution in [0.15, 0.2) is 18.2 Å². The zero-order valence-corrected chi connectivity index (χ0v) is 13.2. The molecule has 1 aliphatic rings. The Morgan fingerprint density at radius 1 is 1.29 bits per heavy atom. The Labute approximate surface area is 134 Å². The molecule has 114 valence electrons. The molecule has 0 spiro atoms. The van der Waals surface area contributed by atoms with E-state index in [4.69, 9.17) is 28.9 Å². The molecular weight excluding hydrogens is 311 g/mol. The quantitative estimate of drug-likeness (QED) is 0.903. The largest absolute Gasteiger partial charge is 0.369 e. The molecule has 1 aliphatic heterocycles. The summed E-state index contributed by atoms with van der Waals surface area (Å²) in [7, 11) is 0. The van der Waals surface area contributed by atoms with Crippen LogP contribution < -0.4 is 5.73 Å². The van der Waals surface area contributed by atoms with Crippen LogP contribution in [0.2, 0.25) is 10.0 Å². The number of rotatable bonds is 5. The van der Waals surface area contributed by atoms with Gasteiger partial charge in [-0.3, -0.25) is 9.59 Å². The molecule has 0 radical (unpaired) electrons. The number of carbonyl (C=O) groups is 2. The molecule has 0 saturated carbocycles. The number of amides is 2. The van der Waals surface area contributed by atoms with E-state index in [2.05, 4.69) is 0 Å². The number of halogens is 2. The van der Waals surface area contributed by atoms with E-state index < -0.39 is 0 Å². The van der Waals surface area contributed by atoms with Crippen molar-refractivity contribution >= 4 is 35.0 Å². The number of hydrogen-bond donors (Lipinski definition) is 1. The van der Waals surface area contributed by atoms with E-state index in [1.807, 2.05) is 12.1 Å². The highest BCUT2D eigenvalue weighted by Crippen LogP contribution is 2.23. The molecule has 1 saturated heterocycles. The van der Waals surface area contributed by atoms with Crippen molar-refractivity contribution in [1.29, 1.82) is 0 Å². The summed E-state index contributed by atoms with van der Waals surface area (Å²) in [6.07, 6.45) is 2.66. The minimum absolute atomic E-state index is 0.0822. The highest BCUT2D eigenvalue weighted by molar-refractivity contribution is 6.42. The first kappa shape index (κ1) is 16.1. The highest BCUT2D eigenvalue weighted by atomic mass is 35.5. The Balaban J connectivity index is 1.77. The van der Waals surface area contributed by atoms with Crippen LogP contribution in [-0.2, 0) is 16.0 Å². The minimum atomic E-state index is -0.318. The summed E-state index contributed by atoms with van der Waals surface area (Å²) < 4.78 is 0. The topological polar surface area (TPSA) is 63.4 Å². The first-order valence-electron chi connectivity index (χ1n) is 6.98. The van der Waals surface area contributed by atoms with Gasteiger partial charge in [0.15, 0.2) is 0 Å². The normalized spacial score (nSPS) is 18.0. The first-order chi connectivity index (χ1) is 9.97. The van der Waals surface area contributed by atoms with Gasteiger partial charge in [0, 0.05) is 19.5 Å². The van der Waals surface area contributed by atoms with Crippen molar-refractivity contribution in [2.75, 3.05) is 13.1 Å². The molecule has 21 heavy (non-hydrogen) atoms. The maximum Gasteiger partial charge on any atom is 0.222 e. The van der Waals surface area contributed by atoms with Gasteiger partial charge in [0.1, 0.15) is 0 Å². The molecule has 2 amide bonds. The highest BCUT2D eigenvalue weighted by Gasteiger charge is 2.29. The van der Waals surface area contributed by atoms with Gasteiger partial charge in [0.2, 0.25) is 11.8 Å². The van der Waals surface area contributed by atoms with Gasteiger partial charge >= 0.3 is 0 Å². The number of nitrogens with two attached hydrogens (primary N) is 1. The summed E-state index contributed by atoms with van der Waals surface area (Å²) in [4.78, 5) is 24.9. The van der Waals surface area contributed by atoms with E-state index >= 15 is 0 Å². The molecule has 1 fully saturated rings. The molecule has 1 heterocycles. The minimum Gasteiger partial charge on any atom is -0.369 e. The Morgan fingerprint density at radius 2 is 2.05 bits per heavy atom. The molecule has 2 N–H and O–H groups in total. The van der Waals surface area contributed by atoms with Gasteiger partial charge in [-0.15, -0.1) is 0 Å². The number of carbonyl (C=O) groups excluding carboxylic acids is 2. The Morgan fingerprint density at radius 3 is 2.67 bits per heavy atom. The van der Waals surface area contributed by atoms with Gasteiger partial charge in [-0.1, -0.05) is 29.3 Å². The van der Waals surface area contributed by atoms with Crippen molar-refractivity contribution in [2.45, 2.75) is 25.7 Å². The van der Waals surface area contributed by atoms with Crippen LogP contribution in [0.5, 0.6) is 0 Å². The lowest BCUT2D eigenvalue weighted by Gasteiger charge is -2.15. The lowest BCUT2D eigenvalue weighted by atomic mass is 10.1. The first-order valence-corrected chi connectivity index (χ1v) is 7.74. The van der Waals surface area contributed by atoms with Crippen molar-refractivity contribution in [3.05, 3.63) is 33.8 Å². The molecular formula is C15H18Cl2N2O2. The second-order valence-corrected chi connectivity index (χ2v) is 6.14. The van der Waals surface area contributed by atoms with Crippen molar-refractivity contribution in [3.8, 4) is 0 Å². The third-order valence-corrected chi connectivity index (χ3v) is 4.52. The fraction of sp³-hybridized carbons (Fsp3) is 0.467. The third-order valence-electron chi connectivity index (χ3n) is 3.78. The molecule has 1 atom stereocenters. The van der Waals surface area contributed by atoms with Gasteiger partial charge in [-0.2, -0.15) is 0 Å². The Hall–Kier alpha value is -1.26. The van der Waals surface area contributed by atoms with Crippen LogP contribution in [-0.4, -0.2) is 29.8 Å². The zero-order valence-electron chi connectivity index (χ0n) is 11.6. The van der Waals surface area contributed by atoms with Gasteiger partial charge in [0.25, 0.3) is 0 Å². The van der Waals surface area contributed by atoms with Gasteiger partial charge in [0.05, 0.1) is 16.0 Å². The van der Waals surface area contributed by atoms with Crippen LogP contribution in [0, 0.1) is 5.92 Å². The maximum absolute atomic E-state index is 12.1. The molecule has 1 aromatic rings. The SMILES string of the molecule is NC(=O)C1CCN(C(=O)CCCc2ccc(Cl)c(Cl)c2)C1. The zero-order chi connectivity index (χ0) is 15.4. The van der Waals surface area contributed by atoms with Crippen molar-refractivity contribution < 1.29 is 9.59 Å². The molecule has 1 aromatic carbocycles. The monoisotopic (exact) mass is 328 g/mol. The van der Waals surface area contributed by atoms with E-state index in [-0.39, 0.29) is 17.7 Å². The molecule has 6 heteroatoms. The van der Waals surface area contributed by atoms with Gasteiger partial charge < -0.3 is 10.6 Å². The fourth-order valence-corrected chi connectivity index (χ4v) is 2.84. The predicted molar refractivity (Wildman–Crippen MR) is 83.3 cm³/mol. The van der Waals surface area contributed by atoms with E-state index in [1.165, 1.54) is 0 Å². The number of nitrogens with zero attached hydrogens (tertiary/aromatic N) is 1. The summed E-state index contributed by atoms with van der Waals surface area (Å²) in [6, 6.07) is 5.50. The predicted octanol–water partition coefficient (Wildman–Crippen LogP) is 2.65. The van der Waals surface area contributed by atoms with Gasteiger partial charge in [-0.25, -0.2) is 0 Å². The summed E-state index contributed by atoms with van der Waals surface area (Å²) in [6.45, 7) is 1.08. The maximum atomic E-state index is 12.1. The second kappa shape index (κ2) is 7.14. The smallest absolute Gasteiger partial charge is 0.222 e. The Bertz CT molecular complexity index is 548. The van der Waals surface area contributed by atoms with Crippen LogP contribution in [0.3, 0.4) is 0 Å². The lowest BCUT2D eigenvalue weighted by molar-refractivity contribution is -0.130. The van der Waals surface area contributed by atoms with E-state index in [1.54, 1.807) is 11.0 Å². The van der Waals surface area contributed by atoms with Crippen molar-refractivity contribution in [1.82, 2.24) is 4.90 Å². The van der Waals surface area contributed by atoms with Crippen LogP contribution in [0.1, 0.15) is 24.8 Å². The molecule has 4 nitrogen and oxygen atoms in total. The van der Waals surface area contributed by atoms with E-state index in [0.717, 1.165) is 18.4 Å². The molecule has 0 bridgehead atoms. The molecule has 0 aliphatic carbocycles. The summed E-state index contributed by atoms with van der Waals surface area (Å²) >= 11 is 11.8. The molecule has 2 rings (SSSR count). The fourth-order valence-electron chi connectivity index (χ4n) is 2.52. The van der Waals surface area contributed by atoms with Gasteiger partial charge in [-0.05, 0) is 37.0 Å². The van der Waals surface area contributed by atoms with Crippen molar-refractivity contribution in [3.63, 3.8) is 0 Å². The Kier molecular flexibility index (Phi) is 5.48. The number of benzene rings is 1. The standard InChI is InChI=1S/C15H18Cl2N2O2/c16-12-5-4-10(8-13(12)17)2-1-3-14(20)19-7-6-11(9-19)15(18)21/h4-5,8,11H,1-3,6-7,9H2,(H2,18,21). The van der Waals surface area contributed by atoms with Crippen LogP contribution in [0.4, 0.5) is 0 Å². The number of likely N-dealkylation sites (tertiary alicyclic amines) is 1. The average molecular weight is 329 g/mol. The van der Waals surface area contributed by atoms with E-state index in [9.17, 15) is 9.59 Å². The summed E-state index contributed by atoms with van der Waals surface area (Å²) in [5.74, 6) is -0.427. The number of hydrogen-bond acceptors (Lipinski definition) is 2. The summed E-state index contributed by atoms with van der Waals surface area (Å²) in [5, 5.41) is 1.07. The molecule has 0 aromatic heterocycles. The average Bonchev–Trinajstić information content (AvgIpc) is 2.92. The van der Waals surface area contributed by atoms with Crippen molar-refractivity contribution in [2.24, 2.45) is 11.7 Å². The lowest BCUT2D eigenvalue weighted by Crippen LogP contribution is -2.31.